The number of fused-ring (bicyclic) bond motifs is 2. The molecule has 0 atom stereocenters. The van der Waals surface area contributed by atoms with Crippen LogP contribution in [0, 0.1) is 0 Å². The molecule has 5 aromatic rings. The molecule has 192 valence electrons. The van der Waals surface area contributed by atoms with Crippen LogP contribution >= 0.6 is 11.8 Å². The van der Waals surface area contributed by atoms with Crippen LogP contribution in [0.1, 0.15) is 30.2 Å². The van der Waals surface area contributed by atoms with Crippen LogP contribution in [0.25, 0.3) is 44.3 Å². The predicted octanol–water partition coefficient (Wildman–Crippen LogP) is 8.29. The maximum Gasteiger partial charge on any atom is 0.116 e. The van der Waals surface area contributed by atoms with E-state index < -0.39 is 0 Å². The Hall–Kier alpha value is -4.42. The molecule has 5 nitrogen and oxygen atoms in total. The fourth-order valence-electron chi connectivity index (χ4n) is 4.92. The first kappa shape index (κ1) is 24.9. The summed E-state index contributed by atoms with van der Waals surface area (Å²) in [6, 6.07) is 14.8. The summed E-state index contributed by atoms with van der Waals surface area (Å²) in [6.45, 7) is 6.11. The number of rotatable bonds is 8. The highest BCUT2D eigenvalue weighted by atomic mass is 32.2. The van der Waals surface area contributed by atoms with Gasteiger partial charge in [0.05, 0.1) is 34.8 Å². The maximum atomic E-state index is 4.75. The Balaban J connectivity index is 1.34. The second-order valence-corrected chi connectivity index (χ2v) is 10.4. The summed E-state index contributed by atoms with van der Waals surface area (Å²) in [5.41, 5.74) is 10.5. The lowest BCUT2D eigenvalue weighted by Gasteiger charge is -2.07. The second kappa shape index (κ2) is 11.1. The zero-order chi connectivity index (χ0) is 26.6. The van der Waals surface area contributed by atoms with Gasteiger partial charge >= 0.3 is 0 Å². The molecular weight excluding hydrogens is 498 g/mol. The third kappa shape index (κ3) is 5.16. The molecule has 0 amide bonds. The average molecular weight is 528 g/mol. The van der Waals surface area contributed by atoms with E-state index in [0.29, 0.717) is 0 Å². The highest BCUT2D eigenvalue weighted by Gasteiger charge is 2.16. The summed E-state index contributed by atoms with van der Waals surface area (Å²) < 4.78 is 0. The molecule has 0 bridgehead atoms. The van der Waals surface area contributed by atoms with Crippen molar-refractivity contribution in [3.8, 4) is 11.4 Å². The van der Waals surface area contributed by atoms with Crippen molar-refractivity contribution < 1.29 is 0 Å². The van der Waals surface area contributed by atoms with Gasteiger partial charge < -0.3 is 4.98 Å². The Morgan fingerprint density at radius 2 is 1.97 bits per heavy atom. The van der Waals surface area contributed by atoms with Crippen LogP contribution in [0.5, 0.6) is 0 Å². The SMILES string of the molecule is C=C/C(=C\C(=C/C)c1cc2c(-c3cc4c(C5=CSCC=C5)cncc4[nH]3)n[nH]c2cn1)CCc1ccccc1. The van der Waals surface area contributed by atoms with Crippen LogP contribution in [0.4, 0.5) is 0 Å². The molecule has 0 radical (unpaired) electrons. The number of hydrogen-bond donors (Lipinski definition) is 2. The fraction of sp³-hybridized carbons (Fsp3) is 0.121. The third-order valence-corrected chi connectivity index (χ3v) is 7.82. The predicted molar refractivity (Wildman–Crippen MR) is 165 cm³/mol. The van der Waals surface area contributed by atoms with Gasteiger partial charge in [-0.1, -0.05) is 61.2 Å². The van der Waals surface area contributed by atoms with E-state index in [9.17, 15) is 0 Å². The smallest absolute Gasteiger partial charge is 0.116 e. The standard InChI is InChI=1S/C33H29N5S/c1-3-22(12-13-23-9-6-5-7-10-23)15-24(4-2)29-17-27-32(20-35-29)37-38-33(27)30-16-26-28(18-34-19-31(26)36-30)25-11-8-14-39-21-25/h3-11,15-21,36H,1,12-14H2,2H3,(H,37,38)/b22-15+,24-4+. The van der Waals surface area contributed by atoms with Crippen molar-refractivity contribution >= 4 is 44.7 Å². The largest absolute Gasteiger partial charge is 0.352 e. The molecular formula is C33H29N5S. The monoisotopic (exact) mass is 527 g/mol. The van der Waals surface area contributed by atoms with Gasteiger partial charge in [-0.3, -0.25) is 15.1 Å². The number of aromatic nitrogens is 5. The number of hydrogen-bond acceptors (Lipinski definition) is 4. The van der Waals surface area contributed by atoms with Crippen LogP contribution in [-0.4, -0.2) is 30.9 Å². The Kier molecular flexibility index (Phi) is 7.11. The van der Waals surface area contributed by atoms with E-state index in [4.69, 9.17) is 4.98 Å². The molecule has 1 aromatic carbocycles. The first-order chi connectivity index (χ1) is 19.2. The molecule has 6 rings (SSSR count). The Morgan fingerprint density at radius 3 is 2.77 bits per heavy atom. The number of aromatic amines is 2. The van der Waals surface area contributed by atoms with E-state index in [1.807, 2.05) is 37.7 Å². The minimum absolute atomic E-state index is 0.866. The number of aryl methyl sites for hydroxylation is 1. The molecule has 39 heavy (non-hydrogen) atoms. The van der Waals surface area contributed by atoms with Gasteiger partial charge in [-0.05, 0) is 65.7 Å². The van der Waals surface area contributed by atoms with Gasteiger partial charge in [0.2, 0.25) is 0 Å². The first-order valence-electron chi connectivity index (χ1n) is 13.1. The molecule has 0 saturated carbocycles. The molecule has 4 aromatic heterocycles. The lowest BCUT2D eigenvalue weighted by molar-refractivity contribution is 0.966. The summed E-state index contributed by atoms with van der Waals surface area (Å²) in [6.07, 6.45) is 18.2. The number of nitrogens with one attached hydrogen (secondary N) is 2. The van der Waals surface area contributed by atoms with E-state index >= 15 is 0 Å². The van der Waals surface area contributed by atoms with Gasteiger partial charge in [0.1, 0.15) is 5.69 Å². The van der Waals surface area contributed by atoms with E-state index in [-0.39, 0.29) is 0 Å². The van der Waals surface area contributed by atoms with Gasteiger partial charge in [0.25, 0.3) is 0 Å². The molecule has 0 unspecified atom stereocenters. The highest BCUT2D eigenvalue weighted by Crippen LogP contribution is 2.34. The molecule has 0 fully saturated rings. The minimum atomic E-state index is 0.866. The molecule has 0 aliphatic carbocycles. The van der Waals surface area contributed by atoms with Crippen molar-refractivity contribution in [3.05, 3.63) is 126 Å². The number of pyridine rings is 2. The summed E-state index contributed by atoms with van der Waals surface area (Å²) in [5, 5.41) is 12.2. The van der Waals surface area contributed by atoms with Crippen LogP contribution in [0.2, 0.25) is 0 Å². The average Bonchev–Trinajstić information content (AvgIpc) is 3.62. The second-order valence-electron chi connectivity index (χ2n) is 9.48. The minimum Gasteiger partial charge on any atom is -0.352 e. The molecule has 1 aliphatic heterocycles. The van der Waals surface area contributed by atoms with Crippen molar-refractivity contribution in [2.75, 3.05) is 5.75 Å². The molecule has 0 spiro atoms. The van der Waals surface area contributed by atoms with E-state index in [1.54, 1.807) is 11.8 Å². The number of nitrogens with zero attached hydrogens (tertiary/aromatic N) is 3. The van der Waals surface area contributed by atoms with Gasteiger partial charge in [0.15, 0.2) is 0 Å². The zero-order valence-electron chi connectivity index (χ0n) is 21.8. The lowest BCUT2D eigenvalue weighted by atomic mass is 10.0. The Morgan fingerprint density at radius 1 is 1.08 bits per heavy atom. The molecule has 5 heterocycles. The van der Waals surface area contributed by atoms with E-state index in [0.717, 1.165) is 68.6 Å². The number of H-pyrrole nitrogens is 2. The highest BCUT2D eigenvalue weighted by molar-refractivity contribution is 8.02. The topological polar surface area (TPSA) is 70.2 Å². The zero-order valence-corrected chi connectivity index (χ0v) is 22.6. The molecule has 1 aliphatic rings. The van der Waals surface area contributed by atoms with Crippen molar-refractivity contribution in [2.45, 2.75) is 19.8 Å². The van der Waals surface area contributed by atoms with Crippen LogP contribution in [0.3, 0.4) is 0 Å². The summed E-state index contributed by atoms with van der Waals surface area (Å²) in [5.74, 6) is 1.01. The quantitative estimate of drug-likeness (QED) is 0.199. The fourth-order valence-corrected chi connectivity index (χ4v) is 5.61. The van der Waals surface area contributed by atoms with Gasteiger partial charge in [-0.15, -0.1) is 11.8 Å². The summed E-state index contributed by atoms with van der Waals surface area (Å²) in [7, 11) is 0. The van der Waals surface area contributed by atoms with Gasteiger partial charge in [0, 0.05) is 28.3 Å². The van der Waals surface area contributed by atoms with Crippen LogP contribution in [0.15, 0.2) is 109 Å². The number of allylic oxidation sites excluding steroid dienone is 7. The number of thioether (sulfide) groups is 1. The maximum absolute atomic E-state index is 4.75. The van der Waals surface area contributed by atoms with Crippen molar-refractivity contribution in [1.29, 1.82) is 0 Å². The van der Waals surface area contributed by atoms with Crippen molar-refractivity contribution in [3.63, 3.8) is 0 Å². The van der Waals surface area contributed by atoms with Gasteiger partial charge in [-0.2, -0.15) is 5.10 Å². The molecule has 6 heteroatoms. The summed E-state index contributed by atoms with van der Waals surface area (Å²) >= 11 is 1.80. The van der Waals surface area contributed by atoms with E-state index in [2.05, 4.69) is 92.9 Å². The van der Waals surface area contributed by atoms with Crippen molar-refractivity contribution in [1.82, 2.24) is 25.1 Å². The van der Waals surface area contributed by atoms with E-state index in [1.165, 1.54) is 16.7 Å². The Bertz CT molecular complexity index is 1780. The molecule has 2 N–H and O–H groups in total. The Labute approximate surface area is 232 Å². The van der Waals surface area contributed by atoms with Gasteiger partial charge in [-0.25, -0.2) is 0 Å². The van der Waals surface area contributed by atoms with Crippen LogP contribution < -0.4 is 0 Å². The third-order valence-electron chi connectivity index (χ3n) is 7.01. The lowest BCUT2D eigenvalue weighted by Crippen LogP contribution is -1.91. The van der Waals surface area contributed by atoms with Crippen molar-refractivity contribution in [2.24, 2.45) is 0 Å². The normalized spacial score (nSPS) is 14.2. The molecule has 0 saturated heterocycles. The van der Waals surface area contributed by atoms with Crippen LogP contribution in [-0.2, 0) is 6.42 Å². The number of benzene rings is 1. The summed E-state index contributed by atoms with van der Waals surface area (Å²) in [4.78, 5) is 12.8. The first-order valence-corrected chi connectivity index (χ1v) is 14.1.